The monoisotopic (exact) mass is 396 g/mol. The Morgan fingerprint density at radius 2 is 1.82 bits per heavy atom. The molecule has 150 valence electrons. The molecule has 1 fully saturated rings. The highest BCUT2D eigenvalue weighted by Crippen LogP contribution is 2.28. The van der Waals surface area contributed by atoms with Crippen LogP contribution in [0.1, 0.15) is 62.5 Å². The van der Waals surface area contributed by atoms with Gasteiger partial charge in [-0.3, -0.25) is 4.79 Å². The van der Waals surface area contributed by atoms with Crippen LogP contribution in [0.15, 0.2) is 53.4 Å². The standard InChI is InChI=1S/C24H32N2OS/c1-17(2)28-23-10-6-5-9-22(23)24(27)25-19(4)20-11-13-21(14-12-20)26-15-7-8-18(3)16-26/h5-6,9-14,17-19H,7-8,15-16H2,1-4H3,(H,25,27)/t18-,19-/m1/s1. The van der Waals surface area contributed by atoms with Gasteiger partial charge in [0.15, 0.2) is 0 Å². The second-order valence-electron chi connectivity index (χ2n) is 8.14. The van der Waals surface area contributed by atoms with Gasteiger partial charge in [0.1, 0.15) is 0 Å². The first-order valence-electron chi connectivity index (χ1n) is 10.4. The predicted octanol–water partition coefficient (Wildman–Crippen LogP) is 5.91. The van der Waals surface area contributed by atoms with E-state index in [1.165, 1.54) is 18.5 Å². The molecule has 2 atom stereocenters. The van der Waals surface area contributed by atoms with Crippen molar-refractivity contribution in [3.8, 4) is 0 Å². The summed E-state index contributed by atoms with van der Waals surface area (Å²) in [7, 11) is 0. The molecule has 2 aromatic rings. The number of amides is 1. The molecular weight excluding hydrogens is 364 g/mol. The first kappa shape index (κ1) is 20.8. The highest BCUT2D eigenvalue weighted by Gasteiger charge is 2.18. The van der Waals surface area contributed by atoms with E-state index >= 15 is 0 Å². The molecule has 28 heavy (non-hydrogen) atoms. The number of piperidine rings is 1. The molecule has 1 aliphatic rings. The zero-order valence-corrected chi connectivity index (χ0v) is 18.3. The second kappa shape index (κ2) is 9.51. The van der Waals surface area contributed by atoms with Crippen LogP contribution in [0.25, 0.3) is 0 Å². The summed E-state index contributed by atoms with van der Waals surface area (Å²) in [6.45, 7) is 10.9. The molecule has 0 bridgehead atoms. The number of rotatable bonds is 6. The summed E-state index contributed by atoms with van der Waals surface area (Å²) in [4.78, 5) is 16.4. The van der Waals surface area contributed by atoms with Crippen molar-refractivity contribution < 1.29 is 4.79 Å². The van der Waals surface area contributed by atoms with Gasteiger partial charge >= 0.3 is 0 Å². The van der Waals surface area contributed by atoms with Crippen molar-refractivity contribution in [2.24, 2.45) is 5.92 Å². The van der Waals surface area contributed by atoms with Crippen molar-refractivity contribution in [2.45, 2.75) is 56.7 Å². The maximum Gasteiger partial charge on any atom is 0.252 e. The zero-order valence-electron chi connectivity index (χ0n) is 17.4. The van der Waals surface area contributed by atoms with Gasteiger partial charge in [-0.25, -0.2) is 0 Å². The number of anilines is 1. The lowest BCUT2D eigenvalue weighted by Crippen LogP contribution is -2.34. The number of thioether (sulfide) groups is 1. The van der Waals surface area contributed by atoms with Gasteiger partial charge in [0.2, 0.25) is 0 Å². The summed E-state index contributed by atoms with van der Waals surface area (Å²) in [5.41, 5.74) is 3.18. The van der Waals surface area contributed by atoms with Gasteiger partial charge in [-0.1, -0.05) is 45.0 Å². The molecule has 1 aliphatic heterocycles. The van der Waals surface area contributed by atoms with Crippen LogP contribution in [0.3, 0.4) is 0 Å². The number of nitrogens with one attached hydrogen (secondary N) is 1. The predicted molar refractivity (Wildman–Crippen MR) is 120 cm³/mol. The number of hydrogen-bond donors (Lipinski definition) is 1. The van der Waals surface area contributed by atoms with Gasteiger partial charge in [0.25, 0.3) is 5.91 Å². The average Bonchev–Trinajstić information content (AvgIpc) is 2.68. The minimum Gasteiger partial charge on any atom is -0.371 e. The number of carbonyl (C=O) groups is 1. The third-order valence-corrected chi connectivity index (χ3v) is 6.34. The van der Waals surface area contributed by atoms with Crippen molar-refractivity contribution in [1.29, 1.82) is 0 Å². The van der Waals surface area contributed by atoms with Gasteiger partial charge in [-0.2, -0.15) is 0 Å². The molecule has 1 N–H and O–H groups in total. The summed E-state index contributed by atoms with van der Waals surface area (Å²) in [6, 6.07) is 16.5. The SMILES string of the molecule is CC(C)Sc1ccccc1C(=O)N[C@H](C)c1ccc(N2CCC[C@@H](C)C2)cc1. The Balaban J connectivity index is 1.66. The smallest absolute Gasteiger partial charge is 0.252 e. The Bertz CT molecular complexity index is 787. The fourth-order valence-corrected chi connectivity index (χ4v) is 4.72. The van der Waals surface area contributed by atoms with Crippen LogP contribution in [0.4, 0.5) is 5.69 Å². The van der Waals surface area contributed by atoms with Crippen LogP contribution >= 0.6 is 11.8 Å². The Kier molecular flexibility index (Phi) is 7.06. The van der Waals surface area contributed by atoms with E-state index in [1.807, 2.05) is 31.2 Å². The maximum atomic E-state index is 12.8. The summed E-state index contributed by atoms with van der Waals surface area (Å²) in [6.07, 6.45) is 2.59. The topological polar surface area (TPSA) is 32.3 Å². The fourth-order valence-electron chi connectivity index (χ4n) is 3.77. The Hall–Kier alpha value is -1.94. The molecule has 1 amide bonds. The van der Waals surface area contributed by atoms with Crippen molar-refractivity contribution in [3.63, 3.8) is 0 Å². The molecular formula is C24H32N2OS. The molecule has 3 rings (SSSR count). The number of nitrogens with zero attached hydrogens (tertiary/aromatic N) is 1. The maximum absolute atomic E-state index is 12.8. The molecule has 0 aromatic heterocycles. The van der Waals surface area contributed by atoms with Gasteiger partial charge in [0, 0.05) is 28.9 Å². The summed E-state index contributed by atoms with van der Waals surface area (Å²) in [5.74, 6) is 0.751. The van der Waals surface area contributed by atoms with E-state index in [1.54, 1.807) is 11.8 Å². The van der Waals surface area contributed by atoms with Crippen LogP contribution in [-0.2, 0) is 0 Å². The highest BCUT2D eigenvalue weighted by atomic mass is 32.2. The number of hydrogen-bond acceptors (Lipinski definition) is 3. The van der Waals surface area contributed by atoms with Crippen LogP contribution in [0, 0.1) is 5.92 Å². The van der Waals surface area contributed by atoms with Crippen LogP contribution in [0.5, 0.6) is 0 Å². The third-order valence-electron chi connectivity index (χ3n) is 5.26. The largest absolute Gasteiger partial charge is 0.371 e. The van der Waals surface area contributed by atoms with Crippen molar-refractivity contribution in [1.82, 2.24) is 5.32 Å². The van der Waals surface area contributed by atoms with Crippen LogP contribution in [-0.4, -0.2) is 24.2 Å². The lowest BCUT2D eigenvalue weighted by molar-refractivity contribution is 0.0937. The summed E-state index contributed by atoms with van der Waals surface area (Å²) < 4.78 is 0. The molecule has 0 radical (unpaired) electrons. The molecule has 2 aromatic carbocycles. The molecule has 3 nitrogen and oxygen atoms in total. The van der Waals surface area contributed by atoms with Crippen LogP contribution in [0.2, 0.25) is 0 Å². The highest BCUT2D eigenvalue weighted by molar-refractivity contribution is 8.00. The Morgan fingerprint density at radius 3 is 2.50 bits per heavy atom. The van der Waals surface area contributed by atoms with Gasteiger partial charge in [0.05, 0.1) is 11.6 Å². The number of carbonyl (C=O) groups excluding carboxylic acids is 1. The van der Waals surface area contributed by atoms with Gasteiger partial charge in [-0.05, 0) is 55.5 Å². The molecule has 0 spiro atoms. The van der Waals surface area contributed by atoms with Crippen molar-refractivity contribution in [2.75, 3.05) is 18.0 Å². The molecule has 4 heteroatoms. The third kappa shape index (κ3) is 5.32. The van der Waals surface area contributed by atoms with E-state index in [-0.39, 0.29) is 11.9 Å². The van der Waals surface area contributed by atoms with E-state index in [0.29, 0.717) is 5.25 Å². The Labute approximate surface area is 173 Å². The minimum absolute atomic E-state index is 0.00909. The summed E-state index contributed by atoms with van der Waals surface area (Å²) in [5, 5.41) is 3.61. The molecule has 0 unspecified atom stereocenters. The quantitative estimate of drug-likeness (QED) is 0.616. The lowest BCUT2D eigenvalue weighted by atomic mass is 9.99. The number of benzene rings is 2. The Morgan fingerprint density at radius 1 is 1.11 bits per heavy atom. The second-order valence-corrected chi connectivity index (χ2v) is 9.76. The lowest BCUT2D eigenvalue weighted by Gasteiger charge is -2.33. The zero-order chi connectivity index (χ0) is 20.1. The van der Waals surface area contributed by atoms with Gasteiger partial charge in [-0.15, -0.1) is 11.8 Å². The van der Waals surface area contributed by atoms with Crippen molar-refractivity contribution >= 4 is 23.4 Å². The first-order valence-corrected chi connectivity index (χ1v) is 11.2. The molecule has 1 heterocycles. The first-order chi connectivity index (χ1) is 13.4. The fraction of sp³-hybridized carbons (Fsp3) is 0.458. The van der Waals surface area contributed by atoms with E-state index in [0.717, 1.165) is 35.0 Å². The van der Waals surface area contributed by atoms with Crippen LogP contribution < -0.4 is 10.2 Å². The molecule has 0 saturated carbocycles. The van der Waals surface area contributed by atoms with Gasteiger partial charge < -0.3 is 10.2 Å². The normalized spacial score (nSPS) is 18.2. The molecule has 1 saturated heterocycles. The average molecular weight is 397 g/mol. The van der Waals surface area contributed by atoms with E-state index in [2.05, 4.69) is 55.3 Å². The van der Waals surface area contributed by atoms with E-state index in [9.17, 15) is 4.79 Å². The van der Waals surface area contributed by atoms with Crippen molar-refractivity contribution in [3.05, 3.63) is 59.7 Å². The summed E-state index contributed by atoms with van der Waals surface area (Å²) >= 11 is 1.73. The minimum atomic E-state index is -0.0288. The molecule has 0 aliphatic carbocycles. The van der Waals surface area contributed by atoms with E-state index < -0.39 is 0 Å². The van der Waals surface area contributed by atoms with E-state index in [4.69, 9.17) is 0 Å².